The average Bonchev–Trinajstić information content (AvgIpc) is 2.48. The van der Waals surface area contributed by atoms with Crippen LogP contribution in [0.2, 0.25) is 0 Å². The van der Waals surface area contributed by atoms with Gasteiger partial charge in [0.15, 0.2) is 11.6 Å². The molecule has 5 nitrogen and oxygen atoms in total. The molecule has 0 spiro atoms. The van der Waals surface area contributed by atoms with E-state index in [1.54, 1.807) is 0 Å². The second-order valence-corrected chi connectivity index (χ2v) is 6.95. The van der Waals surface area contributed by atoms with E-state index in [1.807, 2.05) is 0 Å². The topological polar surface area (TPSA) is 66.5 Å². The molecule has 0 heterocycles. The van der Waals surface area contributed by atoms with E-state index < -0.39 is 51.4 Å². The van der Waals surface area contributed by atoms with Crippen LogP contribution in [-0.4, -0.2) is 27.1 Å². The van der Waals surface area contributed by atoms with Gasteiger partial charge in [0.05, 0.1) is 11.9 Å². The van der Waals surface area contributed by atoms with Gasteiger partial charge in [-0.1, -0.05) is 0 Å². The minimum atomic E-state index is -4.08. The Morgan fingerprint density at radius 3 is 2.24 bits per heavy atom. The molecule has 25 heavy (non-hydrogen) atoms. The monoisotopic (exact) mass is 376 g/mol. The molecular formula is C15H12F4N2O3S. The van der Waals surface area contributed by atoms with Crippen LogP contribution in [0.3, 0.4) is 0 Å². The fourth-order valence-electron chi connectivity index (χ4n) is 1.97. The fourth-order valence-corrected chi connectivity index (χ4v) is 2.83. The first kappa shape index (κ1) is 18.7. The highest BCUT2D eigenvalue weighted by Gasteiger charge is 2.24. The molecule has 134 valence electrons. The Labute approximate surface area is 140 Å². The van der Waals surface area contributed by atoms with Gasteiger partial charge in [-0.25, -0.2) is 26.0 Å². The number of rotatable bonds is 5. The van der Waals surface area contributed by atoms with Crippen LogP contribution >= 0.6 is 0 Å². The quantitative estimate of drug-likeness (QED) is 0.816. The minimum absolute atomic E-state index is 0.114. The molecule has 2 aromatic rings. The number of amides is 1. The van der Waals surface area contributed by atoms with Crippen LogP contribution in [0.25, 0.3) is 0 Å². The molecule has 0 bridgehead atoms. The van der Waals surface area contributed by atoms with Gasteiger partial charge < -0.3 is 5.32 Å². The van der Waals surface area contributed by atoms with Gasteiger partial charge in [0.1, 0.15) is 18.2 Å². The van der Waals surface area contributed by atoms with E-state index in [0.29, 0.717) is 16.4 Å². The highest BCUT2D eigenvalue weighted by molar-refractivity contribution is 7.92. The zero-order valence-electron chi connectivity index (χ0n) is 12.8. The van der Waals surface area contributed by atoms with Crippen molar-refractivity contribution in [2.24, 2.45) is 0 Å². The summed E-state index contributed by atoms with van der Waals surface area (Å²) >= 11 is 0. The molecule has 0 fully saturated rings. The Balaban J connectivity index is 2.25. The lowest BCUT2D eigenvalue weighted by Crippen LogP contribution is -2.38. The second-order valence-electron chi connectivity index (χ2n) is 5.04. The first-order chi connectivity index (χ1) is 11.6. The largest absolute Gasteiger partial charge is 0.324 e. The highest BCUT2D eigenvalue weighted by atomic mass is 32.2. The lowest BCUT2D eigenvalue weighted by Gasteiger charge is -2.22. The molecule has 2 aromatic carbocycles. The van der Waals surface area contributed by atoms with Gasteiger partial charge in [0.2, 0.25) is 15.9 Å². The number of carbonyl (C=O) groups excluding carboxylic acids is 1. The molecule has 1 amide bonds. The third-order valence-electron chi connectivity index (χ3n) is 3.07. The van der Waals surface area contributed by atoms with E-state index in [-0.39, 0.29) is 5.69 Å². The Morgan fingerprint density at radius 2 is 1.68 bits per heavy atom. The predicted molar refractivity (Wildman–Crippen MR) is 83.5 cm³/mol. The molecule has 0 saturated heterocycles. The second kappa shape index (κ2) is 7.09. The Kier molecular flexibility index (Phi) is 5.31. The zero-order chi connectivity index (χ0) is 18.8. The van der Waals surface area contributed by atoms with Crippen molar-refractivity contribution in [3.05, 3.63) is 59.7 Å². The summed E-state index contributed by atoms with van der Waals surface area (Å²) in [6.45, 7) is -0.847. The van der Waals surface area contributed by atoms with Gasteiger partial charge in [-0.05, 0) is 24.3 Å². The molecule has 0 aliphatic carbocycles. The van der Waals surface area contributed by atoms with Crippen molar-refractivity contribution < 1.29 is 30.8 Å². The summed E-state index contributed by atoms with van der Waals surface area (Å²) in [6.07, 6.45) is 0.737. The van der Waals surface area contributed by atoms with Gasteiger partial charge in [-0.3, -0.25) is 9.10 Å². The van der Waals surface area contributed by atoms with Gasteiger partial charge >= 0.3 is 0 Å². The van der Waals surface area contributed by atoms with E-state index >= 15 is 0 Å². The number of halogens is 4. The van der Waals surface area contributed by atoms with Crippen LogP contribution in [0.5, 0.6) is 0 Å². The number of sulfonamides is 1. The molecule has 0 atom stereocenters. The maximum absolute atomic E-state index is 13.8. The van der Waals surface area contributed by atoms with Crippen LogP contribution < -0.4 is 9.62 Å². The van der Waals surface area contributed by atoms with Crippen LogP contribution in [0.1, 0.15) is 0 Å². The maximum Gasteiger partial charge on any atom is 0.245 e. The number of benzene rings is 2. The average molecular weight is 376 g/mol. The summed E-state index contributed by atoms with van der Waals surface area (Å²) in [7, 11) is -4.08. The number of carbonyl (C=O) groups is 1. The predicted octanol–water partition coefficient (Wildman–Crippen LogP) is 2.65. The summed E-state index contributed by atoms with van der Waals surface area (Å²) in [5, 5.41) is 2.16. The molecule has 0 radical (unpaired) electrons. The van der Waals surface area contributed by atoms with Gasteiger partial charge in [0, 0.05) is 17.8 Å². The van der Waals surface area contributed by atoms with Crippen molar-refractivity contribution in [3.8, 4) is 0 Å². The molecule has 0 aliphatic rings. The maximum atomic E-state index is 13.8. The summed E-state index contributed by atoms with van der Waals surface area (Å²) in [5.41, 5.74) is -0.638. The van der Waals surface area contributed by atoms with Crippen molar-refractivity contribution in [2.75, 3.05) is 22.4 Å². The summed E-state index contributed by atoms with van der Waals surface area (Å²) in [4.78, 5) is 12.0. The third kappa shape index (κ3) is 4.69. The van der Waals surface area contributed by atoms with Gasteiger partial charge in [-0.15, -0.1) is 0 Å². The first-order valence-corrected chi connectivity index (χ1v) is 8.60. The standard InChI is InChI=1S/C15H12F4N2O3S/c1-25(23,24)21(14-5-2-9(16)6-13(14)19)8-15(22)20-10-3-4-11(17)12(18)7-10/h2-7H,8H2,1H3,(H,20,22). The van der Waals surface area contributed by atoms with Gasteiger partial charge in [0.25, 0.3) is 0 Å². The Hall–Kier alpha value is -2.62. The lowest BCUT2D eigenvalue weighted by molar-refractivity contribution is -0.114. The minimum Gasteiger partial charge on any atom is -0.324 e. The molecule has 0 aliphatic heterocycles. The SMILES string of the molecule is CS(=O)(=O)N(CC(=O)Nc1ccc(F)c(F)c1)c1ccc(F)cc1F. The third-order valence-corrected chi connectivity index (χ3v) is 4.20. The van der Waals surface area contributed by atoms with Crippen LogP contribution in [-0.2, 0) is 14.8 Å². The fraction of sp³-hybridized carbons (Fsp3) is 0.133. The molecule has 0 aromatic heterocycles. The Bertz CT molecular complexity index is 919. The van der Waals surface area contributed by atoms with Crippen molar-refractivity contribution in [3.63, 3.8) is 0 Å². The number of nitrogens with one attached hydrogen (secondary N) is 1. The lowest BCUT2D eigenvalue weighted by atomic mass is 10.3. The summed E-state index contributed by atoms with van der Waals surface area (Å²) in [6, 6.07) is 4.73. The summed E-state index contributed by atoms with van der Waals surface area (Å²) < 4.78 is 76.9. The first-order valence-electron chi connectivity index (χ1n) is 6.75. The van der Waals surface area contributed by atoms with Gasteiger partial charge in [-0.2, -0.15) is 0 Å². The zero-order valence-corrected chi connectivity index (χ0v) is 13.6. The molecular weight excluding hydrogens is 364 g/mol. The van der Waals surface area contributed by atoms with Crippen LogP contribution in [0.4, 0.5) is 28.9 Å². The molecule has 10 heteroatoms. The van der Waals surface area contributed by atoms with Crippen molar-refractivity contribution in [1.29, 1.82) is 0 Å². The normalized spacial score (nSPS) is 11.2. The molecule has 1 N–H and O–H groups in total. The van der Waals surface area contributed by atoms with Crippen LogP contribution in [0, 0.1) is 23.3 Å². The van der Waals surface area contributed by atoms with E-state index in [4.69, 9.17) is 0 Å². The van der Waals surface area contributed by atoms with E-state index in [0.717, 1.165) is 30.5 Å². The van der Waals surface area contributed by atoms with Crippen molar-refractivity contribution in [1.82, 2.24) is 0 Å². The number of nitrogens with zero attached hydrogens (tertiary/aromatic N) is 1. The molecule has 0 unspecified atom stereocenters. The van der Waals surface area contributed by atoms with E-state index in [9.17, 15) is 30.8 Å². The Morgan fingerprint density at radius 1 is 1.00 bits per heavy atom. The number of hydrogen-bond acceptors (Lipinski definition) is 3. The summed E-state index contributed by atoms with van der Waals surface area (Å²) in [5.74, 6) is -5.35. The van der Waals surface area contributed by atoms with Crippen LogP contribution in [0.15, 0.2) is 36.4 Å². The number of hydrogen-bond donors (Lipinski definition) is 1. The molecule has 2 rings (SSSR count). The van der Waals surface area contributed by atoms with Crippen molar-refractivity contribution in [2.45, 2.75) is 0 Å². The smallest absolute Gasteiger partial charge is 0.245 e. The number of anilines is 2. The molecule has 0 saturated carbocycles. The van der Waals surface area contributed by atoms with E-state index in [2.05, 4.69) is 5.32 Å². The highest BCUT2D eigenvalue weighted by Crippen LogP contribution is 2.22. The van der Waals surface area contributed by atoms with Crippen molar-refractivity contribution >= 4 is 27.3 Å². The van der Waals surface area contributed by atoms with E-state index in [1.165, 1.54) is 0 Å².